The molecule has 6 aromatic rings. The van der Waals surface area contributed by atoms with E-state index in [1.807, 2.05) is 13.8 Å². The number of aliphatic hydroxyl groups excluding tert-OH is 1. The number of nitrogens with one attached hydrogen (secondary N) is 16. The normalized spacial score (nSPS) is 23.2. The maximum Gasteiger partial charge on any atom is 0.245 e. The number of thioether (sulfide) groups is 1. The van der Waals surface area contributed by atoms with Gasteiger partial charge in [-0.2, -0.15) is 0 Å². The van der Waals surface area contributed by atoms with Crippen LogP contribution >= 0.6 is 11.8 Å². The van der Waals surface area contributed by atoms with E-state index in [1.165, 1.54) is 54.6 Å². The van der Waals surface area contributed by atoms with Gasteiger partial charge in [-0.05, 0) is 80.7 Å². The van der Waals surface area contributed by atoms with Crippen LogP contribution < -0.4 is 81.0 Å². The van der Waals surface area contributed by atoms with Gasteiger partial charge in [0, 0.05) is 112 Å². The van der Waals surface area contributed by atoms with E-state index >= 15 is 24.0 Å². The third-order valence-electron chi connectivity index (χ3n) is 22.1. The minimum absolute atomic E-state index is 0.000632. The number of para-hydroxylation sites is 2. The topological polar surface area (TPSA) is 630 Å². The van der Waals surface area contributed by atoms with Gasteiger partial charge in [0.1, 0.15) is 78.5 Å². The number of primary amides is 2. The fourth-order valence-corrected chi connectivity index (χ4v) is 15.6. The summed E-state index contributed by atoms with van der Waals surface area (Å²) in [5.41, 5.74) is 19.9. The SMILES string of the molecule is CCCCC1C(=O)N(C)C(CCCC)C(=O)NC(CCCNC(=N)N)C(=O)NC(C(=O)NCC(N)=O)CSCC(=O)NC(Cc2ccccc2)C(=O)N(C)C(C)C(=O)NC(CC(N)=O)C(=O)NC(C)C(=O)NC(Cc2cnc[nH]2)C(=O)NC(CC(C)C)C(=O)N(C)CC(=O)NC(Cc2c[nH]c3ccccc23)C(=O)NC(CO)C(=O)NC(Cc2c[nH]c3ccccc23)C(=O)N1C. The third-order valence-corrected chi connectivity index (χ3v) is 23.1. The second kappa shape index (κ2) is 50.9. The zero-order chi connectivity index (χ0) is 95.6. The molecule has 1 saturated heterocycles. The maximum absolute atomic E-state index is 15.7. The Morgan fingerprint density at radius 1 is 0.515 bits per heavy atom. The van der Waals surface area contributed by atoms with Crippen LogP contribution in [0.25, 0.3) is 21.8 Å². The number of nitrogens with two attached hydrogens (primary N) is 3. The van der Waals surface area contributed by atoms with Crippen molar-refractivity contribution in [1.82, 2.24) is 103 Å². The molecule has 7 rings (SSSR count). The van der Waals surface area contributed by atoms with Crippen LogP contribution in [0.2, 0.25) is 0 Å². The third kappa shape index (κ3) is 31.2. The molecule has 0 bridgehead atoms. The van der Waals surface area contributed by atoms with Crippen LogP contribution in [0, 0.1) is 11.3 Å². The lowest BCUT2D eigenvalue weighted by Crippen LogP contribution is -2.61. The molecule has 0 spiro atoms. The first-order valence-electron chi connectivity index (χ1n) is 43.1. The van der Waals surface area contributed by atoms with E-state index in [1.54, 1.807) is 105 Å². The molecule has 1 aliphatic rings. The number of imidazole rings is 1. The van der Waals surface area contributed by atoms with Crippen LogP contribution in [0.15, 0.2) is 104 Å². The summed E-state index contributed by atoms with van der Waals surface area (Å²) in [5, 5.41) is 51.4. The summed E-state index contributed by atoms with van der Waals surface area (Å²) in [5.74, 6) is -17.6. The maximum atomic E-state index is 15.7. The highest BCUT2D eigenvalue weighted by Gasteiger charge is 2.42. The van der Waals surface area contributed by atoms with E-state index in [2.05, 4.69) is 83.7 Å². The summed E-state index contributed by atoms with van der Waals surface area (Å²) in [4.78, 5) is 264. The van der Waals surface area contributed by atoms with Crippen molar-refractivity contribution in [3.63, 3.8) is 0 Å². The Balaban J connectivity index is 1.29. The quantitative estimate of drug-likeness (QED) is 0.0150. The van der Waals surface area contributed by atoms with Crippen LogP contribution in [0.3, 0.4) is 0 Å². The van der Waals surface area contributed by atoms with Gasteiger partial charge in [0.15, 0.2) is 5.96 Å². The number of guanidine groups is 1. The predicted octanol–water partition coefficient (Wildman–Crippen LogP) is -2.62. The van der Waals surface area contributed by atoms with Crippen molar-refractivity contribution >= 4 is 140 Å². The molecule has 13 atom stereocenters. The molecule has 23 N–H and O–H groups in total. The molecule has 17 amide bonds. The fraction of sp³-hybridized carbons (Fsp3) is 0.506. The number of amides is 17. The summed E-state index contributed by atoms with van der Waals surface area (Å²) >= 11 is 0.787. The Morgan fingerprint density at radius 2 is 1.03 bits per heavy atom. The first-order chi connectivity index (χ1) is 61.8. The van der Waals surface area contributed by atoms with Crippen molar-refractivity contribution in [2.75, 3.05) is 65.9 Å². The Hall–Kier alpha value is -13.5. The predicted molar refractivity (Wildman–Crippen MR) is 482 cm³/mol. The van der Waals surface area contributed by atoms with Gasteiger partial charge in [0.05, 0.1) is 38.2 Å². The van der Waals surface area contributed by atoms with E-state index < -0.39 is 223 Å². The summed E-state index contributed by atoms with van der Waals surface area (Å²) in [6.07, 6.45) is 5.60. The van der Waals surface area contributed by atoms with E-state index in [9.17, 15) is 62.6 Å². The highest BCUT2D eigenvalue weighted by molar-refractivity contribution is 8.00. The number of aliphatic hydroxyl groups is 1. The molecule has 13 unspecified atom stereocenters. The van der Waals surface area contributed by atoms with Crippen molar-refractivity contribution in [3.05, 3.63) is 126 Å². The van der Waals surface area contributed by atoms with Crippen molar-refractivity contribution in [2.24, 2.45) is 23.1 Å². The van der Waals surface area contributed by atoms with Crippen molar-refractivity contribution < 1.29 is 86.6 Å². The zero-order valence-corrected chi connectivity index (χ0v) is 75.6. The Morgan fingerprint density at radius 3 is 1.62 bits per heavy atom. The van der Waals surface area contributed by atoms with E-state index in [0.29, 0.717) is 69.9 Å². The van der Waals surface area contributed by atoms with Gasteiger partial charge >= 0.3 is 0 Å². The molecule has 1 fully saturated rings. The molecule has 43 heteroatoms. The second-order valence-corrected chi connectivity index (χ2v) is 33.7. The van der Waals surface area contributed by atoms with Gasteiger partial charge < -0.3 is 121 Å². The van der Waals surface area contributed by atoms with Crippen molar-refractivity contribution in [2.45, 2.75) is 210 Å². The summed E-state index contributed by atoms with van der Waals surface area (Å²) in [6.45, 7) is 7.16. The van der Waals surface area contributed by atoms with Gasteiger partial charge in [0.2, 0.25) is 100 Å². The van der Waals surface area contributed by atoms with E-state index in [0.717, 1.165) is 31.4 Å². The number of unbranched alkanes of at least 4 members (excludes halogenated alkanes) is 2. The van der Waals surface area contributed by atoms with Gasteiger partial charge in [-0.1, -0.05) is 120 Å². The van der Waals surface area contributed by atoms with Crippen LogP contribution in [-0.4, -0.2) is 296 Å². The molecule has 4 heterocycles. The number of hydrogen-bond acceptors (Lipinski definition) is 21. The lowest BCUT2D eigenvalue weighted by Gasteiger charge is -2.36. The van der Waals surface area contributed by atoms with Gasteiger partial charge in [-0.15, -0.1) is 11.8 Å². The summed E-state index contributed by atoms with van der Waals surface area (Å²) < 4.78 is 0. The molecule has 42 nitrogen and oxygen atoms in total. The second-order valence-electron chi connectivity index (χ2n) is 32.7. The van der Waals surface area contributed by atoms with E-state index in [-0.39, 0.29) is 70.3 Å². The fourth-order valence-electron chi connectivity index (χ4n) is 14.7. The van der Waals surface area contributed by atoms with E-state index in [4.69, 9.17) is 22.6 Å². The lowest BCUT2D eigenvalue weighted by molar-refractivity contribution is -0.149. The minimum Gasteiger partial charge on any atom is -0.394 e. The first-order valence-corrected chi connectivity index (χ1v) is 44.3. The number of fused-ring (bicyclic) bond motifs is 2. The number of hydrogen-bond donors (Lipinski definition) is 20. The molecule has 0 radical (unpaired) electrons. The lowest BCUT2D eigenvalue weighted by atomic mass is 10.00. The Kier molecular flexibility index (Phi) is 40.6. The number of nitrogens with zero attached hydrogens (tertiary/aromatic N) is 5. The first kappa shape index (κ1) is 104. The number of likely N-dealkylation sites (N-methyl/N-ethyl adjacent to an activating group) is 4. The zero-order valence-electron chi connectivity index (χ0n) is 74.8. The van der Waals surface area contributed by atoms with Crippen LogP contribution in [-0.2, 0) is 107 Å². The number of carbonyl (C=O) groups excluding carboxylic acids is 17. The molecular weight excluding hydrogens is 1700 g/mol. The molecule has 3 aromatic heterocycles. The van der Waals surface area contributed by atoms with Crippen LogP contribution in [0.4, 0.5) is 0 Å². The monoisotopic (exact) mass is 1820 g/mol. The minimum atomic E-state index is -1.85. The molecule has 0 aliphatic carbocycles. The summed E-state index contributed by atoms with van der Waals surface area (Å²) in [6, 6.07) is 2.47. The number of H-pyrrole nitrogens is 3. The van der Waals surface area contributed by atoms with Gasteiger partial charge in [-0.3, -0.25) is 86.9 Å². The molecule has 130 heavy (non-hydrogen) atoms. The molecule has 706 valence electrons. The Labute approximate surface area is 756 Å². The van der Waals surface area contributed by atoms with Crippen molar-refractivity contribution in [1.29, 1.82) is 5.41 Å². The highest BCUT2D eigenvalue weighted by atomic mass is 32.2. The number of carbonyl (C=O) groups is 17. The van der Waals surface area contributed by atoms with Gasteiger partial charge in [0.25, 0.3) is 0 Å². The number of benzene rings is 3. The molecule has 1 aliphatic heterocycles. The van der Waals surface area contributed by atoms with Crippen LogP contribution in [0.5, 0.6) is 0 Å². The Bertz CT molecular complexity index is 4950. The van der Waals surface area contributed by atoms with Crippen molar-refractivity contribution in [3.8, 4) is 0 Å². The number of rotatable bonds is 26. The average molecular weight is 1830 g/mol. The largest absolute Gasteiger partial charge is 0.394 e. The van der Waals surface area contributed by atoms with Gasteiger partial charge in [-0.25, -0.2) is 4.98 Å². The molecule has 0 saturated carbocycles. The number of aromatic nitrogens is 4. The smallest absolute Gasteiger partial charge is 0.245 e. The molecule has 3 aromatic carbocycles. The highest BCUT2D eigenvalue weighted by Crippen LogP contribution is 2.25. The molecular formula is C87H124N24O18S. The standard InChI is InChI=1S/C87H124N24O18S/c1-11-13-30-68-82(125)101-59(29-22-32-93-87(90)91)77(120)107-67(76(119)96-42-71(89)114)45-130-46-73(116)100-64(34-51-23-16-15-17-24-51)84(127)109(8)50(6)75(118)103-62(38-70(88)113)78(121)98-49(5)74(117)102-61(37-54-41-92-47-97-54)80(123)104-63(33-48(3)4)83(126)108(7)43-72(115)99-60(35-52-39-94-57-27-20-18-25-55(52)57)79(122)106-66(44-112)81(124)105-65(36-53-40-95-58-28-21-19-26-56(53)58)85(128)111(10)69(31-14-12-2)86(129)110(68)9/h15-21,23-28,39-41,47-50,59-69,94-95,112H,11-14,22,29-38,42-46H2,1-10H3,(H2,88,113)(H2,89,114)(H,92,97)(H,96,119)(H,98,121)(H,99,115)(H,100,116)(H,101,125)(H,102,117)(H,103,118)(H,104,123)(H,105,124)(H,106,122)(H,107,120)(H4,90,91,93). The number of aromatic amines is 3. The van der Waals surface area contributed by atoms with Crippen LogP contribution in [0.1, 0.15) is 128 Å². The average Bonchev–Trinajstić information content (AvgIpc) is 1.65. The summed E-state index contributed by atoms with van der Waals surface area (Å²) in [7, 11) is 5.20.